The van der Waals surface area contributed by atoms with E-state index in [0.717, 1.165) is 12.1 Å². The van der Waals surface area contributed by atoms with Gasteiger partial charge in [-0.25, -0.2) is 0 Å². The maximum atomic E-state index is 12.2. The fourth-order valence-corrected chi connectivity index (χ4v) is 3.64. The molecule has 0 atom stereocenters. The Morgan fingerprint density at radius 2 is 1.66 bits per heavy atom. The Hall–Kier alpha value is -2.66. The number of ether oxygens (including phenoxy) is 1. The molecule has 1 N–H and O–H groups in total. The van der Waals surface area contributed by atoms with Gasteiger partial charge in [-0.1, -0.05) is 12.1 Å². The molecular formula is C24H30N2O3. The van der Waals surface area contributed by atoms with E-state index in [1.54, 1.807) is 31.4 Å². The van der Waals surface area contributed by atoms with Crippen molar-refractivity contribution in [1.82, 2.24) is 4.90 Å². The minimum atomic E-state index is -0.145. The summed E-state index contributed by atoms with van der Waals surface area (Å²) in [6.45, 7) is 3.65. The molecule has 0 saturated carbocycles. The van der Waals surface area contributed by atoms with Crippen molar-refractivity contribution < 1.29 is 14.3 Å². The Bertz CT molecular complexity index is 794. The number of ketones is 1. The predicted octanol–water partition coefficient (Wildman–Crippen LogP) is 4.33. The molecule has 2 aromatic rings. The van der Waals surface area contributed by atoms with Crippen molar-refractivity contribution in [3.8, 4) is 5.75 Å². The summed E-state index contributed by atoms with van der Waals surface area (Å²) in [4.78, 5) is 26.9. The van der Waals surface area contributed by atoms with E-state index in [1.807, 2.05) is 12.1 Å². The molecule has 2 aromatic carbocycles. The minimum Gasteiger partial charge on any atom is -0.497 e. The third kappa shape index (κ3) is 6.71. The minimum absolute atomic E-state index is 0.0452. The summed E-state index contributed by atoms with van der Waals surface area (Å²) in [5.41, 5.74) is 2.66. The number of aryl methyl sites for hydroxylation is 1. The van der Waals surface area contributed by atoms with Crippen LogP contribution in [0.4, 0.5) is 5.69 Å². The van der Waals surface area contributed by atoms with Crippen LogP contribution in [0.1, 0.15) is 48.0 Å². The number of Topliss-reactive ketones (excluding diaryl/α,β-unsaturated/α-hetero) is 1. The van der Waals surface area contributed by atoms with Gasteiger partial charge in [0, 0.05) is 24.1 Å². The van der Waals surface area contributed by atoms with E-state index in [9.17, 15) is 9.59 Å². The second kappa shape index (κ2) is 10.8. The van der Waals surface area contributed by atoms with Gasteiger partial charge in [0.05, 0.1) is 7.11 Å². The molecule has 29 heavy (non-hydrogen) atoms. The van der Waals surface area contributed by atoms with Crippen LogP contribution in [0.25, 0.3) is 0 Å². The molecule has 0 radical (unpaired) electrons. The van der Waals surface area contributed by atoms with Crippen molar-refractivity contribution >= 4 is 17.4 Å². The molecule has 5 nitrogen and oxygen atoms in total. The maximum absolute atomic E-state index is 12.2. The molecule has 1 aliphatic heterocycles. The second-order valence-corrected chi connectivity index (χ2v) is 7.55. The van der Waals surface area contributed by atoms with Gasteiger partial charge in [-0.2, -0.15) is 0 Å². The third-order valence-corrected chi connectivity index (χ3v) is 5.37. The molecule has 154 valence electrons. The van der Waals surface area contributed by atoms with Crippen molar-refractivity contribution in [1.29, 1.82) is 0 Å². The summed E-state index contributed by atoms with van der Waals surface area (Å²) in [5, 5.41) is 2.88. The van der Waals surface area contributed by atoms with Crippen molar-refractivity contribution in [2.45, 2.75) is 38.5 Å². The van der Waals surface area contributed by atoms with Crippen LogP contribution in [0.2, 0.25) is 0 Å². The number of hydrogen-bond donors (Lipinski definition) is 1. The Morgan fingerprint density at radius 3 is 2.31 bits per heavy atom. The molecular weight excluding hydrogens is 364 g/mol. The number of anilines is 1. The van der Waals surface area contributed by atoms with Gasteiger partial charge < -0.3 is 15.0 Å². The largest absolute Gasteiger partial charge is 0.497 e. The lowest BCUT2D eigenvalue weighted by Gasteiger charge is -2.14. The first-order valence-corrected chi connectivity index (χ1v) is 10.4. The summed E-state index contributed by atoms with van der Waals surface area (Å²) in [5.74, 6) is 0.517. The Labute approximate surface area is 173 Å². The molecule has 1 amide bonds. The molecule has 1 heterocycles. The lowest BCUT2D eigenvalue weighted by atomic mass is 10.1. The van der Waals surface area contributed by atoms with E-state index in [0.29, 0.717) is 11.3 Å². The van der Waals surface area contributed by atoms with Gasteiger partial charge in [0.15, 0.2) is 5.78 Å². The highest BCUT2D eigenvalue weighted by Crippen LogP contribution is 2.15. The molecule has 5 heteroatoms. The van der Waals surface area contributed by atoms with Crippen LogP contribution in [-0.2, 0) is 11.2 Å². The van der Waals surface area contributed by atoms with Gasteiger partial charge in [-0.3, -0.25) is 9.59 Å². The molecule has 0 spiro atoms. The number of carbonyl (C=O) groups excluding carboxylic acids is 2. The summed E-state index contributed by atoms with van der Waals surface area (Å²) in [7, 11) is 1.59. The predicted molar refractivity (Wildman–Crippen MR) is 116 cm³/mol. The summed E-state index contributed by atoms with van der Waals surface area (Å²) in [6.07, 6.45) is 5.25. The van der Waals surface area contributed by atoms with Crippen molar-refractivity contribution in [2.75, 3.05) is 32.1 Å². The molecule has 0 aromatic heterocycles. The zero-order valence-electron chi connectivity index (χ0n) is 17.2. The Morgan fingerprint density at radius 1 is 0.966 bits per heavy atom. The number of benzene rings is 2. The van der Waals surface area contributed by atoms with Crippen LogP contribution < -0.4 is 10.1 Å². The molecule has 1 fully saturated rings. The highest BCUT2D eigenvalue weighted by molar-refractivity contribution is 6.00. The molecule has 3 rings (SSSR count). The van der Waals surface area contributed by atoms with Gasteiger partial charge in [-0.15, -0.1) is 0 Å². The smallest absolute Gasteiger partial charge is 0.224 e. The summed E-state index contributed by atoms with van der Waals surface area (Å²) >= 11 is 0. The average molecular weight is 395 g/mol. The number of hydrogen-bond acceptors (Lipinski definition) is 4. The first-order chi connectivity index (χ1) is 14.1. The van der Waals surface area contributed by atoms with Crippen molar-refractivity contribution in [3.05, 3.63) is 59.7 Å². The van der Waals surface area contributed by atoms with Gasteiger partial charge in [-0.05, 0) is 87.3 Å². The summed E-state index contributed by atoms with van der Waals surface area (Å²) in [6, 6.07) is 15.0. The van der Waals surface area contributed by atoms with Gasteiger partial charge in [0.25, 0.3) is 0 Å². The average Bonchev–Trinajstić information content (AvgIpc) is 3.27. The SMILES string of the molecule is COc1ccc(C(=O)CCC(=O)Nc2ccc(CCCN3CCCC3)cc2)cc1. The zero-order valence-corrected chi connectivity index (χ0v) is 17.2. The van der Waals surface area contributed by atoms with E-state index in [1.165, 1.54) is 44.5 Å². The van der Waals surface area contributed by atoms with Crippen LogP contribution in [0.15, 0.2) is 48.5 Å². The van der Waals surface area contributed by atoms with Crippen LogP contribution in [0.5, 0.6) is 5.75 Å². The molecule has 1 aliphatic rings. The summed E-state index contributed by atoms with van der Waals surface area (Å²) < 4.78 is 5.09. The van der Waals surface area contributed by atoms with Gasteiger partial charge in [0.1, 0.15) is 5.75 Å². The monoisotopic (exact) mass is 394 g/mol. The maximum Gasteiger partial charge on any atom is 0.224 e. The highest BCUT2D eigenvalue weighted by atomic mass is 16.5. The van der Waals surface area contributed by atoms with E-state index in [4.69, 9.17) is 4.74 Å². The number of rotatable bonds is 10. The molecule has 0 unspecified atom stereocenters. The van der Waals surface area contributed by atoms with Crippen LogP contribution in [0.3, 0.4) is 0 Å². The molecule has 0 aliphatic carbocycles. The van der Waals surface area contributed by atoms with Crippen LogP contribution >= 0.6 is 0 Å². The topological polar surface area (TPSA) is 58.6 Å². The highest BCUT2D eigenvalue weighted by Gasteiger charge is 2.11. The quantitative estimate of drug-likeness (QED) is 0.610. The number of carbonyl (C=O) groups is 2. The van der Waals surface area contributed by atoms with Gasteiger partial charge in [0.2, 0.25) is 5.91 Å². The first kappa shape index (κ1) is 21.1. The van der Waals surface area contributed by atoms with E-state index in [2.05, 4.69) is 22.3 Å². The van der Waals surface area contributed by atoms with Gasteiger partial charge >= 0.3 is 0 Å². The lowest BCUT2D eigenvalue weighted by molar-refractivity contribution is -0.116. The number of nitrogens with zero attached hydrogens (tertiary/aromatic N) is 1. The Kier molecular flexibility index (Phi) is 7.82. The van der Waals surface area contributed by atoms with E-state index >= 15 is 0 Å². The normalized spacial score (nSPS) is 14.0. The fraction of sp³-hybridized carbons (Fsp3) is 0.417. The van der Waals surface area contributed by atoms with E-state index < -0.39 is 0 Å². The number of likely N-dealkylation sites (tertiary alicyclic amines) is 1. The van der Waals surface area contributed by atoms with Crippen LogP contribution in [-0.4, -0.2) is 43.3 Å². The standard InChI is InChI=1S/C24H30N2O3/c1-29-22-12-8-20(9-13-22)23(27)14-15-24(28)25-21-10-6-19(7-11-21)5-4-18-26-16-2-3-17-26/h6-13H,2-5,14-18H2,1H3,(H,25,28). The molecule has 0 bridgehead atoms. The number of methoxy groups -OCH3 is 1. The van der Waals surface area contributed by atoms with Crippen molar-refractivity contribution in [3.63, 3.8) is 0 Å². The second-order valence-electron chi connectivity index (χ2n) is 7.55. The Balaban J connectivity index is 1.38. The lowest BCUT2D eigenvalue weighted by Crippen LogP contribution is -2.20. The first-order valence-electron chi connectivity index (χ1n) is 10.4. The van der Waals surface area contributed by atoms with E-state index in [-0.39, 0.29) is 24.5 Å². The zero-order chi connectivity index (χ0) is 20.5. The third-order valence-electron chi connectivity index (χ3n) is 5.37. The number of nitrogens with one attached hydrogen (secondary N) is 1. The molecule has 1 saturated heterocycles. The number of amides is 1. The fourth-order valence-electron chi connectivity index (χ4n) is 3.64. The van der Waals surface area contributed by atoms with Crippen molar-refractivity contribution in [2.24, 2.45) is 0 Å². The van der Waals surface area contributed by atoms with Crippen LogP contribution in [0, 0.1) is 0 Å².